The topological polar surface area (TPSA) is 29.3 Å². The van der Waals surface area contributed by atoms with Crippen molar-refractivity contribution in [2.45, 2.75) is 40.2 Å². The molecule has 0 amide bonds. The lowest BCUT2D eigenvalue weighted by Crippen LogP contribution is -2.40. The van der Waals surface area contributed by atoms with Crippen molar-refractivity contribution >= 4 is 11.3 Å². The third kappa shape index (κ3) is 4.41. The second-order valence-electron chi connectivity index (χ2n) is 5.57. The van der Waals surface area contributed by atoms with E-state index in [2.05, 4.69) is 49.4 Å². The molecule has 3 heteroatoms. The van der Waals surface area contributed by atoms with E-state index < -0.39 is 0 Å². The molecule has 1 aromatic rings. The van der Waals surface area contributed by atoms with Crippen LogP contribution in [0.25, 0.3) is 0 Å². The summed E-state index contributed by atoms with van der Waals surface area (Å²) in [6, 6.07) is 2.72. The summed E-state index contributed by atoms with van der Waals surface area (Å²) in [6.45, 7) is 12.0. The molecule has 2 nitrogen and oxygen atoms in total. The van der Waals surface area contributed by atoms with Crippen LogP contribution in [0, 0.1) is 5.41 Å². The minimum atomic E-state index is 0.194. The van der Waals surface area contributed by atoms with E-state index in [4.69, 9.17) is 5.73 Å². The van der Waals surface area contributed by atoms with Crippen LogP contribution in [0.3, 0.4) is 0 Å². The van der Waals surface area contributed by atoms with Gasteiger partial charge in [0.05, 0.1) is 0 Å². The van der Waals surface area contributed by atoms with Crippen molar-refractivity contribution < 1.29 is 0 Å². The Labute approximate surface area is 110 Å². The molecule has 1 atom stereocenters. The van der Waals surface area contributed by atoms with Gasteiger partial charge in [-0.05, 0) is 54.2 Å². The van der Waals surface area contributed by atoms with E-state index in [1.54, 1.807) is 11.3 Å². The predicted molar refractivity (Wildman–Crippen MR) is 77.4 cm³/mol. The molecule has 0 aliphatic rings. The smallest absolute Gasteiger partial charge is 0.0328 e. The van der Waals surface area contributed by atoms with Gasteiger partial charge in [0.2, 0.25) is 0 Å². The molecule has 0 aliphatic carbocycles. The molecule has 0 aromatic carbocycles. The zero-order valence-electron chi connectivity index (χ0n) is 11.6. The number of nitrogens with two attached hydrogens (primary N) is 1. The molecule has 17 heavy (non-hydrogen) atoms. The highest BCUT2D eigenvalue weighted by Crippen LogP contribution is 2.26. The summed E-state index contributed by atoms with van der Waals surface area (Å²) in [5.74, 6) is 0. The van der Waals surface area contributed by atoms with Crippen LogP contribution in [-0.4, -0.2) is 24.5 Å². The highest BCUT2D eigenvalue weighted by molar-refractivity contribution is 7.07. The monoisotopic (exact) mass is 254 g/mol. The average Bonchev–Trinajstić information content (AvgIpc) is 2.81. The summed E-state index contributed by atoms with van der Waals surface area (Å²) >= 11 is 1.78. The van der Waals surface area contributed by atoms with Crippen molar-refractivity contribution in [1.29, 1.82) is 0 Å². The van der Waals surface area contributed by atoms with E-state index in [0.29, 0.717) is 6.04 Å². The van der Waals surface area contributed by atoms with Gasteiger partial charge >= 0.3 is 0 Å². The van der Waals surface area contributed by atoms with Gasteiger partial charge in [-0.25, -0.2) is 0 Å². The second-order valence-corrected chi connectivity index (χ2v) is 6.35. The summed E-state index contributed by atoms with van der Waals surface area (Å²) in [6.07, 6.45) is 1.19. The van der Waals surface area contributed by atoms with E-state index in [9.17, 15) is 0 Å². The zero-order valence-corrected chi connectivity index (χ0v) is 12.4. The standard InChI is InChI=1S/C14H26N2S/c1-5-7-16(11-14(3,4)10-15)12(2)13-6-8-17-9-13/h6,8-9,12H,5,7,10-11,15H2,1-4H3. The van der Waals surface area contributed by atoms with Gasteiger partial charge in [-0.1, -0.05) is 20.8 Å². The van der Waals surface area contributed by atoms with Gasteiger partial charge in [0.1, 0.15) is 0 Å². The first-order chi connectivity index (χ1) is 8.00. The van der Waals surface area contributed by atoms with E-state index in [1.165, 1.54) is 12.0 Å². The highest BCUT2D eigenvalue weighted by atomic mass is 32.1. The van der Waals surface area contributed by atoms with E-state index >= 15 is 0 Å². The lowest BCUT2D eigenvalue weighted by Gasteiger charge is -2.35. The minimum Gasteiger partial charge on any atom is -0.330 e. The molecule has 98 valence electrons. The molecular weight excluding hydrogens is 228 g/mol. The van der Waals surface area contributed by atoms with Crippen LogP contribution in [-0.2, 0) is 0 Å². The van der Waals surface area contributed by atoms with Crippen LogP contribution < -0.4 is 5.73 Å². The maximum absolute atomic E-state index is 5.84. The Morgan fingerprint density at radius 3 is 2.65 bits per heavy atom. The molecule has 0 spiro atoms. The molecule has 0 aliphatic heterocycles. The van der Waals surface area contributed by atoms with Crippen LogP contribution in [0.1, 0.15) is 45.7 Å². The Kier molecular flexibility index (Phi) is 5.63. The number of hydrogen-bond donors (Lipinski definition) is 1. The molecule has 0 bridgehead atoms. The van der Waals surface area contributed by atoms with Crippen molar-refractivity contribution in [2.75, 3.05) is 19.6 Å². The molecule has 1 aromatic heterocycles. The van der Waals surface area contributed by atoms with Gasteiger partial charge in [-0.15, -0.1) is 0 Å². The van der Waals surface area contributed by atoms with E-state index in [-0.39, 0.29) is 5.41 Å². The molecule has 0 radical (unpaired) electrons. The highest BCUT2D eigenvalue weighted by Gasteiger charge is 2.23. The zero-order chi connectivity index (χ0) is 12.9. The molecule has 0 fully saturated rings. The number of hydrogen-bond acceptors (Lipinski definition) is 3. The first-order valence-corrected chi connectivity index (χ1v) is 7.40. The molecule has 2 N–H and O–H groups in total. The Bertz CT molecular complexity index is 306. The summed E-state index contributed by atoms with van der Waals surface area (Å²) < 4.78 is 0. The quantitative estimate of drug-likeness (QED) is 0.807. The number of thiophene rings is 1. The maximum Gasteiger partial charge on any atom is 0.0328 e. The molecule has 1 rings (SSSR count). The van der Waals surface area contributed by atoms with Crippen molar-refractivity contribution in [2.24, 2.45) is 11.1 Å². The van der Waals surface area contributed by atoms with Crippen molar-refractivity contribution in [3.05, 3.63) is 22.4 Å². The Hall–Kier alpha value is -0.380. The van der Waals surface area contributed by atoms with Gasteiger partial charge in [0, 0.05) is 12.6 Å². The van der Waals surface area contributed by atoms with Crippen LogP contribution in [0.4, 0.5) is 0 Å². The number of nitrogens with zero attached hydrogens (tertiary/aromatic N) is 1. The molecule has 1 heterocycles. The Morgan fingerprint density at radius 1 is 1.47 bits per heavy atom. The van der Waals surface area contributed by atoms with Crippen LogP contribution in [0.2, 0.25) is 0 Å². The summed E-state index contributed by atoms with van der Waals surface area (Å²) in [5, 5.41) is 4.41. The Balaban J connectivity index is 2.71. The fourth-order valence-corrected chi connectivity index (χ4v) is 2.78. The van der Waals surface area contributed by atoms with Crippen LogP contribution in [0.5, 0.6) is 0 Å². The molecule has 0 saturated carbocycles. The lowest BCUT2D eigenvalue weighted by molar-refractivity contribution is 0.141. The molecular formula is C14H26N2S. The van der Waals surface area contributed by atoms with Gasteiger partial charge in [0.25, 0.3) is 0 Å². The Morgan fingerprint density at radius 2 is 2.18 bits per heavy atom. The molecule has 0 saturated heterocycles. The summed E-state index contributed by atoms with van der Waals surface area (Å²) in [7, 11) is 0. The maximum atomic E-state index is 5.84. The molecule has 1 unspecified atom stereocenters. The van der Waals surface area contributed by atoms with Gasteiger partial charge < -0.3 is 5.73 Å². The average molecular weight is 254 g/mol. The van der Waals surface area contributed by atoms with Crippen molar-refractivity contribution in [1.82, 2.24) is 4.90 Å². The second kappa shape index (κ2) is 6.53. The minimum absolute atomic E-state index is 0.194. The van der Waals surface area contributed by atoms with Crippen LogP contribution >= 0.6 is 11.3 Å². The van der Waals surface area contributed by atoms with E-state index in [1.807, 2.05) is 0 Å². The largest absolute Gasteiger partial charge is 0.330 e. The van der Waals surface area contributed by atoms with Crippen molar-refractivity contribution in [3.63, 3.8) is 0 Å². The van der Waals surface area contributed by atoms with Crippen molar-refractivity contribution in [3.8, 4) is 0 Å². The van der Waals surface area contributed by atoms with Gasteiger partial charge in [-0.3, -0.25) is 4.90 Å². The van der Waals surface area contributed by atoms with Gasteiger partial charge in [-0.2, -0.15) is 11.3 Å². The third-order valence-electron chi connectivity index (χ3n) is 3.27. The lowest BCUT2D eigenvalue weighted by atomic mass is 9.92. The summed E-state index contributed by atoms with van der Waals surface area (Å²) in [4.78, 5) is 2.55. The number of rotatable bonds is 7. The fourth-order valence-electron chi connectivity index (χ4n) is 2.03. The predicted octanol–water partition coefficient (Wildman–Crippen LogP) is 3.51. The summed E-state index contributed by atoms with van der Waals surface area (Å²) in [5.41, 5.74) is 7.47. The van der Waals surface area contributed by atoms with Gasteiger partial charge in [0.15, 0.2) is 0 Å². The van der Waals surface area contributed by atoms with Crippen LogP contribution in [0.15, 0.2) is 16.8 Å². The fraction of sp³-hybridized carbons (Fsp3) is 0.714. The normalized spacial score (nSPS) is 14.2. The third-order valence-corrected chi connectivity index (χ3v) is 3.97. The first-order valence-electron chi connectivity index (χ1n) is 6.46. The SMILES string of the molecule is CCCN(CC(C)(C)CN)C(C)c1ccsc1. The van der Waals surface area contributed by atoms with E-state index in [0.717, 1.165) is 19.6 Å². The first kappa shape index (κ1) is 14.7.